The largest absolute Gasteiger partial charge is 0.471 e. The first-order valence-corrected chi connectivity index (χ1v) is 8.89. The lowest BCUT2D eigenvalue weighted by molar-refractivity contribution is -0.159. The molecule has 134 valence electrons. The van der Waals surface area contributed by atoms with Crippen LogP contribution in [0.5, 0.6) is 0 Å². The molecule has 25 heavy (non-hydrogen) atoms. The standard InChI is InChI=1S/C16H16F3N3O2S/c1-15(6-7-15)14(23)22(9-2-3-9)8-10-4-5-11(25-10)12-20-13(24-21-12)16(17,18)19/h4-5,9H,2-3,6-8H2,1H3. The van der Waals surface area contributed by atoms with Gasteiger partial charge in [-0.05, 0) is 37.8 Å². The van der Waals surface area contributed by atoms with Crippen molar-refractivity contribution in [1.29, 1.82) is 0 Å². The first-order chi connectivity index (χ1) is 11.8. The third-order valence-electron chi connectivity index (χ3n) is 4.64. The summed E-state index contributed by atoms with van der Waals surface area (Å²) in [5.41, 5.74) is -0.224. The molecule has 5 nitrogen and oxygen atoms in total. The van der Waals surface area contributed by atoms with Gasteiger partial charge in [0.05, 0.1) is 11.4 Å². The number of alkyl halides is 3. The molecule has 2 aromatic rings. The predicted octanol–water partition coefficient (Wildman–Crippen LogP) is 4.11. The van der Waals surface area contributed by atoms with E-state index in [9.17, 15) is 18.0 Å². The van der Waals surface area contributed by atoms with E-state index in [4.69, 9.17) is 0 Å². The Morgan fingerprint density at radius 1 is 1.40 bits per heavy atom. The molecule has 0 saturated heterocycles. The summed E-state index contributed by atoms with van der Waals surface area (Å²) in [5, 5.41) is 3.40. The van der Waals surface area contributed by atoms with Crippen molar-refractivity contribution in [2.24, 2.45) is 5.41 Å². The fraction of sp³-hybridized carbons (Fsp3) is 0.562. The molecule has 0 bridgehead atoms. The van der Waals surface area contributed by atoms with Crippen LogP contribution >= 0.6 is 11.3 Å². The Kier molecular flexibility index (Phi) is 3.68. The van der Waals surface area contributed by atoms with Crippen LogP contribution in [0.3, 0.4) is 0 Å². The van der Waals surface area contributed by atoms with Crippen LogP contribution in [0.4, 0.5) is 13.2 Å². The molecule has 4 rings (SSSR count). The summed E-state index contributed by atoms with van der Waals surface area (Å²) in [7, 11) is 0. The molecule has 0 radical (unpaired) electrons. The van der Waals surface area contributed by atoms with Gasteiger partial charge in [0.15, 0.2) is 0 Å². The molecular formula is C16H16F3N3O2S. The second kappa shape index (κ2) is 5.55. The van der Waals surface area contributed by atoms with Crippen LogP contribution in [0.1, 0.15) is 43.4 Å². The van der Waals surface area contributed by atoms with Gasteiger partial charge < -0.3 is 9.42 Å². The van der Waals surface area contributed by atoms with Crippen molar-refractivity contribution < 1.29 is 22.5 Å². The molecule has 2 aromatic heterocycles. The fourth-order valence-electron chi connectivity index (χ4n) is 2.69. The van der Waals surface area contributed by atoms with Crippen LogP contribution < -0.4 is 0 Å². The van der Waals surface area contributed by atoms with Crippen molar-refractivity contribution in [3.63, 3.8) is 0 Å². The van der Waals surface area contributed by atoms with Gasteiger partial charge in [0, 0.05) is 16.3 Å². The number of hydrogen-bond donors (Lipinski definition) is 0. The van der Waals surface area contributed by atoms with Crippen LogP contribution in [-0.4, -0.2) is 27.0 Å². The zero-order valence-electron chi connectivity index (χ0n) is 13.5. The lowest BCUT2D eigenvalue weighted by Gasteiger charge is -2.25. The molecule has 0 aromatic carbocycles. The van der Waals surface area contributed by atoms with Gasteiger partial charge in [0.1, 0.15) is 0 Å². The monoisotopic (exact) mass is 371 g/mol. The third-order valence-corrected chi connectivity index (χ3v) is 5.71. The van der Waals surface area contributed by atoms with Gasteiger partial charge in [-0.1, -0.05) is 12.1 Å². The van der Waals surface area contributed by atoms with Crippen molar-refractivity contribution in [3.05, 3.63) is 22.9 Å². The first kappa shape index (κ1) is 16.6. The minimum atomic E-state index is -4.65. The smallest absolute Gasteiger partial charge is 0.334 e. The Labute approximate surface area is 145 Å². The Hall–Kier alpha value is -1.90. The molecule has 2 aliphatic rings. The van der Waals surface area contributed by atoms with Gasteiger partial charge in [-0.25, -0.2) is 0 Å². The maximum absolute atomic E-state index is 12.7. The van der Waals surface area contributed by atoms with E-state index >= 15 is 0 Å². The maximum Gasteiger partial charge on any atom is 0.471 e. The van der Waals surface area contributed by atoms with Gasteiger partial charge in [-0.3, -0.25) is 4.79 Å². The lowest BCUT2D eigenvalue weighted by atomic mass is 10.1. The summed E-state index contributed by atoms with van der Waals surface area (Å²) in [5.74, 6) is -1.25. The molecule has 0 unspecified atom stereocenters. The van der Waals surface area contributed by atoms with E-state index in [1.54, 1.807) is 6.07 Å². The zero-order chi connectivity index (χ0) is 17.8. The number of hydrogen-bond acceptors (Lipinski definition) is 5. The average Bonchev–Trinajstić information content (AvgIpc) is 3.41. The number of rotatable bonds is 5. The lowest BCUT2D eigenvalue weighted by Crippen LogP contribution is -2.37. The van der Waals surface area contributed by atoms with Crippen LogP contribution in [0.15, 0.2) is 16.7 Å². The Bertz CT molecular complexity index is 806. The molecule has 0 spiro atoms. The number of aromatic nitrogens is 2. The minimum absolute atomic E-state index is 0.0815. The number of halogens is 3. The Morgan fingerprint density at radius 2 is 2.12 bits per heavy atom. The first-order valence-electron chi connectivity index (χ1n) is 8.07. The predicted molar refractivity (Wildman–Crippen MR) is 83.5 cm³/mol. The number of thiophene rings is 1. The third kappa shape index (κ3) is 3.29. The van der Waals surface area contributed by atoms with Gasteiger partial charge >= 0.3 is 12.1 Å². The second-order valence-electron chi connectivity index (χ2n) is 6.91. The number of nitrogens with zero attached hydrogens (tertiary/aromatic N) is 3. The van der Waals surface area contributed by atoms with E-state index in [2.05, 4.69) is 14.7 Å². The van der Waals surface area contributed by atoms with Crippen LogP contribution in [-0.2, 0) is 17.5 Å². The summed E-state index contributed by atoms with van der Waals surface area (Å²) in [6, 6.07) is 3.76. The van der Waals surface area contributed by atoms with E-state index in [0.29, 0.717) is 11.4 Å². The SMILES string of the molecule is CC1(C(=O)N(Cc2ccc(-c3noc(C(F)(F)F)n3)s2)C2CC2)CC1. The van der Waals surface area contributed by atoms with E-state index in [0.717, 1.165) is 30.6 Å². The highest BCUT2D eigenvalue weighted by atomic mass is 32.1. The summed E-state index contributed by atoms with van der Waals surface area (Å²) < 4.78 is 41.9. The van der Waals surface area contributed by atoms with Crippen molar-refractivity contribution >= 4 is 17.2 Å². The van der Waals surface area contributed by atoms with Crippen LogP contribution in [0.25, 0.3) is 10.7 Å². The molecule has 1 amide bonds. The van der Waals surface area contributed by atoms with E-state index < -0.39 is 12.1 Å². The topological polar surface area (TPSA) is 59.2 Å². The van der Waals surface area contributed by atoms with Gasteiger partial charge in [0.25, 0.3) is 0 Å². The van der Waals surface area contributed by atoms with Crippen LogP contribution in [0.2, 0.25) is 0 Å². The number of carbonyl (C=O) groups is 1. The van der Waals surface area contributed by atoms with Crippen LogP contribution in [0, 0.1) is 5.41 Å². The molecule has 2 aliphatic carbocycles. The highest BCUT2D eigenvalue weighted by Crippen LogP contribution is 2.48. The van der Waals surface area contributed by atoms with Crippen molar-refractivity contribution in [2.75, 3.05) is 0 Å². The van der Waals surface area contributed by atoms with Gasteiger partial charge in [-0.15, -0.1) is 11.3 Å². The Morgan fingerprint density at radius 3 is 2.68 bits per heavy atom. The van der Waals surface area contributed by atoms with E-state index in [1.165, 1.54) is 11.3 Å². The van der Waals surface area contributed by atoms with Gasteiger partial charge in [0.2, 0.25) is 11.7 Å². The minimum Gasteiger partial charge on any atom is -0.334 e. The van der Waals surface area contributed by atoms with Crippen molar-refractivity contribution in [2.45, 2.75) is 51.4 Å². The highest BCUT2D eigenvalue weighted by molar-refractivity contribution is 7.15. The summed E-state index contributed by atoms with van der Waals surface area (Å²) in [6.45, 7) is 2.47. The normalized spacial score (nSPS) is 19.0. The maximum atomic E-state index is 12.7. The van der Waals surface area contributed by atoms with Gasteiger partial charge in [-0.2, -0.15) is 18.2 Å². The second-order valence-corrected chi connectivity index (χ2v) is 8.08. The summed E-state index contributed by atoms with van der Waals surface area (Å²) in [6.07, 6.45) is -0.776. The molecule has 2 fully saturated rings. The van der Waals surface area contributed by atoms with Crippen molar-refractivity contribution in [1.82, 2.24) is 15.0 Å². The molecule has 0 N–H and O–H groups in total. The molecule has 9 heteroatoms. The quantitative estimate of drug-likeness (QED) is 0.794. The highest BCUT2D eigenvalue weighted by Gasteiger charge is 2.49. The van der Waals surface area contributed by atoms with E-state index in [1.807, 2.05) is 17.9 Å². The Balaban J connectivity index is 1.51. The molecular weight excluding hydrogens is 355 g/mol. The fourth-order valence-corrected chi connectivity index (χ4v) is 3.62. The number of amides is 1. The van der Waals surface area contributed by atoms with Crippen molar-refractivity contribution in [3.8, 4) is 10.7 Å². The molecule has 2 heterocycles. The average molecular weight is 371 g/mol. The molecule has 2 saturated carbocycles. The van der Waals surface area contributed by atoms with E-state index in [-0.39, 0.29) is 23.2 Å². The molecule has 0 atom stereocenters. The number of carbonyl (C=O) groups excluding carboxylic acids is 1. The summed E-state index contributed by atoms with van der Waals surface area (Å²) in [4.78, 5) is 19.4. The summed E-state index contributed by atoms with van der Waals surface area (Å²) >= 11 is 1.29. The zero-order valence-corrected chi connectivity index (χ0v) is 14.3. The molecule has 0 aliphatic heterocycles.